The van der Waals surface area contributed by atoms with Crippen molar-refractivity contribution in [3.05, 3.63) is 30.9 Å². The smallest absolute Gasteiger partial charge is 0.234 e. The van der Waals surface area contributed by atoms with Gasteiger partial charge in [-0.05, 0) is 12.1 Å². The van der Waals surface area contributed by atoms with E-state index in [0.717, 1.165) is 0 Å². The van der Waals surface area contributed by atoms with E-state index >= 15 is 0 Å². The molecule has 8 nitrogen and oxygen atoms in total. The van der Waals surface area contributed by atoms with Gasteiger partial charge in [-0.15, -0.1) is 0 Å². The highest BCUT2D eigenvalue weighted by Gasteiger charge is 2.12. The van der Waals surface area contributed by atoms with Gasteiger partial charge in [0.1, 0.15) is 28.4 Å². The number of aromatic nitrogens is 4. The van der Waals surface area contributed by atoms with Gasteiger partial charge in [-0.3, -0.25) is 4.79 Å². The molecule has 2 aromatic heterocycles. The quantitative estimate of drug-likeness (QED) is 0.521. The number of imidazole rings is 1. The zero-order valence-electron chi connectivity index (χ0n) is 13.1. The van der Waals surface area contributed by atoms with E-state index in [1.54, 1.807) is 38.7 Å². The minimum absolute atomic E-state index is 0.183. The second-order valence-corrected chi connectivity index (χ2v) is 5.65. The number of H-pyrrole nitrogens is 1. The lowest BCUT2D eigenvalue weighted by Crippen LogP contribution is -2.15. The molecule has 0 unspecified atom stereocenters. The van der Waals surface area contributed by atoms with Crippen LogP contribution in [0.4, 0.5) is 5.69 Å². The van der Waals surface area contributed by atoms with Gasteiger partial charge in [0.2, 0.25) is 5.91 Å². The number of aromatic amines is 1. The van der Waals surface area contributed by atoms with Gasteiger partial charge in [0, 0.05) is 6.07 Å². The molecule has 1 aromatic carbocycles. The van der Waals surface area contributed by atoms with Crippen LogP contribution in [0, 0.1) is 0 Å². The molecule has 2 N–H and O–H groups in total. The van der Waals surface area contributed by atoms with Gasteiger partial charge in [0.05, 0.1) is 32.0 Å². The van der Waals surface area contributed by atoms with Crippen LogP contribution >= 0.6 is 11.8 Å². The molecule has 0 aliphatic rings. The van der Waals surface area contributed by atoms with Crippen LogP contribution in [-0.2, 0) is 4.79 Å². The molecule has 0 fully saturated rings. The molecule has 3 aromatic rings. The number of nitrogens with one attached hydrogen (secondary N) is 2. The highest BCUT2D eigenvalue weighted by Crippen LogP contribution is 2.29. The van der Waals surface area contributed by atoms with Crippen LogP contribution in [0.25, 0.3) is 11.2 Å². The SMILES string of the molecule is COc1ccc(OC)c(NC(=O)CSc2ncnc3nc[nH]c23)c1. The summed E-state index contributed by atoms with van der Waals surface area (Å²) in [6.07, 6.45) is 2.97. The Bertz CT molecular complexity index is 867. The van der Waals surface area contributed by atoms with Gasteiger partial charge in [0.25, 0.3) is 0 Å². The fourth-order valence-electron chi connectivity index (χ4n) is 2.08. The number of benzene rings is 1. The first-order valence-corrected chi connectivity index (χ1v) is 7.98. The number of rotatable bonds is 6. The van der Waals surface area contributed by atoms with Crippen molar-refractivity contribution in [2.45, 2.75) is 5.03 Å². The Balaban J connectivity index is 1.69. The average Bonchev–Trinajstić information content (AvgIpc) is 3.09. The molecule has 1 amide bonds. The highest BCUT2D eigenvalue weighted by atomic mass is 32.2. The van der Waals surface area contributed by atoms with Crippen LogP contribution in [0.15, 0.2) is 35.9 Å². The number of nitrogens with zero attached hydrogens (tertiary/aromatic N) is 3. The number of ether oxygens (including phenoxy) is 2. The lowest BCUT2D eigenvalue weighted by atomic mass is 10.2. The molecule has 0 aliphatic heterocycles. The zero-order valence-corrected chi connectivity index (χ0v) is 13.9. The van der Waals surface area contributed by atoms with Crippen molar-refractivity contribution in [2.24, 2.45) is 0 Å². The number of carbonyl (C=O) groups excluding carboxylic acids is 1. The molecule has 0 spiro atoms. The molecule has 0 bridgehead atoms. The summed E-state index contributed by atoms with van der Waals surface area (Å²) in [6.45, 7) is 0. The zero-order chi connectivity index (χ0) is 16.9. The van der Waals surface area contributed by atoms with Crippen LogP contribution in [0.3, 0.4) is 0 Å². The van der Waals surface area contributed by atoms with E-state index in [2.05, 4.69) is 25.3 Å². The van der Waals surface area contributed by atoms with Crippen molar-refractivity contribution in [3.63, 3.8) is 0 Å². The van der Waals surface area contributed by atoms with Gasteiger partial charge in [0.15, 0.2) is 5.65 Å². The van der Waals surface area contributed by atoms with Gasteiger partial charge in [-0.1, -0.05) is 11.8 Å². The van der Waals surface area contributed by atoms with Crippen molar-refractivity contribution in [1.29, 1.82) is 0 Å². The number of fused-ring (bicyclic) bond motifs is 1. The predicted molar refractivity (Wildman–Crippen MR) is 90.6 cm³/mol. The van der Waals surface area contributed by atoms with Crippen LogP contribution in [0.5, 0.6) is 11.5 Å². The standard InChI is InChI=1S/C15H15N5O3S/c1-22-9-3-4-11(23-2)10(5-9)20-12(21)6-24-15-13-14(17-7-16-13)18-8-19-15/h3-5,7-8H,6H2,1-2H3,(H,20,21)(H,16,17,18,19). The number of methoxy groups -OCH3 is 2. The van der Waals surface area contributed by atoms with E-state index < -0.39 is 0 Å². The summed E-state index contributed by atoms with van der Waals surface area (Å²) in [5.41, 5.74) is 1.84. The number of amides is 1. The van der Waals surface area contributed by atoms with Crippen molar-refractivity contribution < 1.29 is 14.3 Å². The molecule has 0 radical (unpaired) electrons. The fraction of sp³-hybridized carbons (Fsp3) is 0.200. The maximum absolute atomic E-state index is 12.2. The van der Waals surface area contributed by atoms with Crippen molar-refractivity contribution in [2.75, 3.05) is 25.3 Å². The van der Waals surface area contributed by atoms with Crippen LogP contribution < -0.4 is 14.8 Å². The molecule has 0 atom stereocenters. The monoisotopic (exact) mass is 345 g/mol. The van der Waals surface area contributed by atoms with E-state index in [1.807, 2.05) is 0 Å². The maximum Gasteiger partial charge on any atom is 0.234 e. The fourth-order valence-corrected chi connectivity index (χ4v) is 2.84. The highest BCUT2D eigenvalue weighted by molar-refractivity contribution is 8.00. The van der Waals surface area contributed by atoms with Gasteiger partial charge >= 0.3 is 0 Å². The van der Waals surface area contributed by atoms with Gasteiger partial charge < -0.3 is 19.8 Å². The summed E-state index contributed by atoms with van der Waals surface area (Å²) >= 11 is 1.30. The van der Waals surface area contributed by atoms with Crippen LogP contribution in [0.1, 0.15) is 0 Å². The Hall–Kier alpha value is -2.81. The van der Waals surface area contributed by atoms with E-state index in [1.165, 1.54) is 18.1 Å². The molecular weight excluding hydrogens is 330 g/mol. The van der Waals surface area contributed by atoms with Crippen LogP contribution in [0.2, 0.25) is 0 Å². The molecular formula is C15H15N5O3S. The Labute approximate surface area is 142 Å². The normalized spacial score (nSPS) is 10.6. The summed E-state index contributed by atoms with van der Waals surface area (Å²) in [5, 5.41) is 3.49. The van der Waals surface area contributed by atoms with Crippen molar-refractivity contribution in [3.8, 4) is 11.5 Å². The number of carbonyl (C=O) groups is 1. The Kier molecular flexibility index (Phi) is 4.80. The van der Waals surface area contributed by atoms with Gasteiger partial charge in [-0.2, -0.15) is 0 Å². The van der Waals surface area contributed by atoms with E-state index in [4.69, 9.17) is 9.47 Å². The number of thioether (sulfide) groups is 1. The number of hydrogen-bond acceptors (Lipinski definition) is 7. The average molecular weight is 345 g/mol. The molecule has 24 heavy (non-hydrogen) atoms. The lowest BCUT2D eigenvalue weighted by Gasteiger charge is -2.11. The third-order valence-corrected chi connectivity index (χ3v) is 4.20. The third kappa shape index (κ3) is 3.40. The molecule has 0 saturated heterocycles. The van der Waals surface area contributed by atoms with Crippen molar-refractivity contribution >= 4 is 34.5 Å². The minimum Gasteiger partial charge on any atom is -0.497 e. The summed E-state index contributed by atoms with van der Waals surface area (Å²) in [5.74, 6) is 1.20. The number of hydrogen-bond donors (Lipinski definition) is 2. The summed E-state index contributed by atoms with van der Waals surface area (Å²) < 4.78 is 10.4. The molecule has 124 valence electrons. The van der Waals surface area contributed by atoms with E-state index in [9.17, 15) is 4.79 Å². The molecule has 0 aliphatic carbocycles. The summed E-state index contributed by atoms with van der Waals surface area (Å²) in [6, 6.07) is 5.21. The second kappa shape index (κ2) is 7.18. The Morgan fingerprint density at radius 2 is 2.12 bits per heavy atom. The Morgan fingerprint density at radius 1 is 1.25 bits per heavy atom. The summed E-state index contributed by atoms with van der Waals surface area (Å²) in [4.78, 5) is 27.5. The molecule has 9 heteroatoms. The first kappa shape index (κ1) is 16.1. The molecule has 2 heterocycles. The van der Waals surface area contributed by atoms with Crippen molar-refractivity contribution in [1.82, 2.24) is 19.9 Å². The van der Waals surface area contributed by atoms with Crippen LogP contribution in [-0.4, -0.2) is 45.8 Å². The van der Waals surface area contributed by atoms with E-state index in [-0.39, 0.29) is 11.7 Å². The maximum atomic E-state index is 12.2. The molecule has 3 rings (SSSR count). The largest absolute Gasteiger partial charge is 0.497 e. The first-order chi connectivity index (χ1) is 11.7. The molecule has 0 saturated carbocycles. The predicted octanol–water partition coefficient (Wildman–Crippen LogP) is 2.10. The number of anilines is 1. The lowest BCUT2D eigenvalue weighted by molar-refractivity contribution is -0.113. The third-order valence-electron chi connectivity index (χ3n) is 3.21. The second-order valence-electron chi connectivity index (χ2n) is 4.68. The van der Waals surface area contributed by atoms with Gasteiger partial charge in [-0.25, -0.2) is 15.0 Å². The Morgan fingerprint density at radius 3 is 2.92 bits per heavy atom. The van der Waals surface area contributed by atoms with E-state index in [0.29, 0.717) is 33.4 Å². The minimum atomic E-state index is -0.183. The summed E-state index contributed by atoms with van der Waals surface area (Å²) in [7, 11) is 3.11. The topological polar surface area (TPSA) is 102 Å². The first-order valence-electron chi connectivity index (χ1n) is 7.00.